The molecule has 0 atom stereocenters. The van der Waals surface area contributed by atoms with E-state index in [-0.39, 0.29) is 6.54 Å². The number of halogens is 2. The van der Waals surface area contributed by atoms with Gasteiger partial charge in [-0.2, -0.15) is 0 Å². The molecule has 2 nitrogen and oxygen atoms in total. The van der Waals surface area contributed by atoms with Gasteiger partial charge in [0, 0.05) is 23.9 Å². The van der Waals surface area contributed by atoms with Gasteiger partial charge in [0.2, 0.25) is 0 Å². The highest BCUT2D eigenvalue weighted by Crippen LogP contribution is 2.12. The van der Waals surface area contributed by atoms with Crippen molar-refractivity contribution in [1.29, 1.82) is 0 Å². The first-order chi connectivity index (χ1) is 8.15. The van der Waals surface area contributed by atoms with Crippen molar-refractivity contribution in [3.05, 3.63) is 59.3 Å². The van der Waals surface area contributed by atoms with Crippen LogP contribution in [-0.4, -0.2) is 4.98 Å². The minimum atomic E-state index is -0.570. The van der Waals surface area contributed by atoms with Crippen LogP contribution < -0.4 is 5.32 Å². The zero-order chi connectivity index (χ0) is 12.3. The molecule has 0 aliphatic carbocycles. The maximum Gasteiger partial charge on any atom is 0.131 e. The molecule has 0 aliphatic heterocycles. The van der Waals surface area contributed by atoms with Crippen LogP contribution in [0.2, 0.25) is 0 Å². The lowest BCUT2D eigenvalue weighted by atomic mass is 10.2. The van der Waals surface area contributed by atoms with Crippen LogP contribution in [0.4, 0.5) is 14.6 Å². The maximum atomic E-state index is 13.3. The summed E-state index contributed by atoms with van der Waals surface area (Å²) in [5.41, 5.74) is 1.30. The molecule has 0 aliphatic rings. The highest BCUT2D eigenvalue weighted by atomic mass is 19.1. The van der Waals surface area contributed by atoms with Gasteiger partial charge in [0.15, 0.2) is 0 Å². The molecule has 2 aromatic rings. The second-order valence-electron chi connectivity index (χ2n) is 3.75. The van der Waals surface area contributed by atoms with Crippen LogP contribution in [0.1, 0.15) is 11.3 Å². The molecule has 0 saturated carbocycles. The van der Waals surface area contributed by atoms with Crippen LogP contribution in [0.3, 0.4) is 0 Å². The summed E-state index contributed by atoms with van der Waals surface area (Å²) in [6.07, 6.45) is 0. The van der Waals surface area contributed by atoms with Gasteiger partial charge in [-0.05, 0) is 25.1 Å². The summed E-state index contributed by atoms with van der Waals surface area (Å²) in [4.78, 5) is 4.23. The van der Waals surface area contributed by atoms with E-state index in [0.717, 1.165) is 11.8 Å². The molecule has 0 saturated heterocycles. The van der Waals surface area contributed by atoms with Crippen molar-refractivity contribution in [3.8, 4) is 0 Å². The van der Waals surface area contributed by atoms with E-state index in [1.165, 1.54) is 12.1 Å². The van der Waals surface area contributed by atoms with E-state index in [4.69, 9.17) is 0 Å². The Morgan fingerprint density at radius 2 is 2.00 bits per heavy atom. The number of nitrogens with one attached hydrogen (secondary N) is 1. The quantitative estimate of drug-likeness (QED) is 0.881. The summed E-state index contributed by atoms with van der Waals surface area (Å²) in [6, 6.07) is 9.09. The third-order valence-electron chi connectivity index (χ3n) is 2.36. The van der Waals surface area contributed by atoms with Crippen molar-refractivity contribution >= 4 is 5.82 Å². The molecule has 1 aromatic carbocycles. The van der Waals surface area contributed by atoms with Crippen LogP contribution in [0.15, 0.2) is 36.4 Å². The van der Waals surface area contributed by atoms with Crippen molar-refractivity contribution in [2.75, 3.05) is 5.32 Å². The molecule has 17 heavy (non-hydrogen) atoms. The van der Waals surface area contributed by atoms with Crippen molar-refractivity contribution in [2.24, 2.45) is 0 Å². The molecule has 0 radical (unpaired) electrons. The van der Waals surface area contributed by atoms with Crippen molar-refractivity contribution in [2.45, 2.75) is 13.5 Å². The first kappa shape index (κ1) is 11.5. The fraction of sp³-hybridized carbons (Fsp3) is 0.154. The van der Waals surface area contributed by atoms with Crippen LogP contribution in [0, 0.1) is 18.6 Å². The number of benzene rings is 1. The molecule has 0 fully saturated rings. The van der Waals surface area contributed by atoms with E-state index in [2.05, 4.69) is 10.3 Å². The van der Waals surface area contributed by atoms with E-state index in [1.54, 1.807) is 6.07 Å². The largest absolute Gasteiger partial charge is 0.366 e. The first-order valence-corrected chi connectivity index (χ1v) is 5.26. The number of nitrogens with zero attached hydrogens (tertiary/aromatic N) is 1. The molecule has 4 heteroatoms. The summed E-state index contributed by atoms with van der Waals surface area (Å²) < 4.78 is 26.0. The summed E-state index contributed by atoms with van der Waals surface area (Å²) in [5.74, 6) is -0.446. The molecule has 88 valence electrons. The average molecular weight is 234 g/mol. The number of aromatic nitrogens is 1. The molecular weight excluding hydrogens is 222 g/mol. The number of pyridine rings is 1. The van der Waals surface area contributed by atoms with Crippen LogP contribution in [0.25, 0.3) is 0 Å². The van der Waals surface area contributed by atoms with E-state index < -0.39 is 11.6 Å². The lowest BCUT2D eigenvalue weighted by Gasteiger charge is -2.07. The summed E-state index contributed by atoms with van der Waals surface area (Å²) in [6.45, 7) is 2.16. The predicted octanol–water partition coefficient (Wildman–Crippen LogP) is 3.28. The molecule has 1 heterocycles. The number of aryl methyl sites for hydroxylation is 1. The minimum absolute atomic E-state index is 0.280. The predicted molar refractivity (Wildman–Crippen MR) is 62.7 cm³/mol. The Bertz CT molecular complexity index is 527. The number of hydrogen-bond acceptors (Lipinski definition) is 2. The number of hydrogen-bond donors (Lipinski definition) is 1. The average Bonchev–Trinajstić information content (AvgIpc) is 2.28. The Kier molecular flexibility index (Phi) is 3.32. The van der Waals surface area contributed by atoms with Gasteiger partial charge in [-0.15, -0.1) is 0 Å². The smallest absolute Gasteiger partial charge is 0.131 e. The van der Waals surface area contributed by atoms with E-state index in [0.29, 0.717) is 11.4 Å². The molecule has 0 bridgehead atoms. The van der Waals surface area contributed by atoms with E-state index >= 15 is 0 Å². The van der Waals surface area contributed by atoms with Gasteiger partial charge >= 0.3 is 0 Å². The Morgan fingerprint density at radius 3 is 2.71 bits per heavy atom. The Hall–Kier alpha value is -1.97. The van der Waals surface area contributed by atoms with Crippen molar-refractivity contribution in [3.63, 3.8) is 0 Å². The standard InChI is InChI=1S/C13H12F2N2/c1-9-3-2-4-13(17-9)16-8-10-5-6-11(14)7-12(10)15/h2-7H,8H2,1H3,(H,16,17). The first-order valence-electron chi connectivity index (χ1n) is 5.26. The fourth-order valence-corrected chi connectivity index (χ4v) is 1.49. The second kappa shape index (κ2) is 4.91. The monoisotopic (exact) mass is 234 g/mol. The minimum Gasteiger partial charge on any atom is -0.366 e. The molecule has 2 rings (SSSR count). The van der Waals surface area contributed by atoms with Gasteiger partial charge in [-0.1, -0.05) is 12.1 Å². The summed E-state index contributed by atoms with van der Waals surface area (Å²) >= 11 is 0. The van der Waals surface area contributed by atoms with Gasteiger partial charge in [0.05, 0.1) is 0 Å². The van der Waals surface area contributed by atoms with Gasteiger partial charge < -0.3 is 5.32 Å². The van der Waals surface area contributed by atoms with E-state index in [9.17, 15) is 8.78 Å². The molecule has 0 spiro atoms. The van der Waals surface area contributed by atoms with Gasteiger partial charge in [-0.25, -0.2) is 13.8 Å². The Labute approximate surface area is 98.3 Å². The lowest BCUT2D eigenvalue weighted by Crippen LogP contribution is -2.04. The molecular formula is C13H12F2N2. The number of anilines is 1. The SMILES string of the molecule is Cc1cccc(NCc2ccc(F)cc2F)n1. The van der Waals surface area contributed by atoms with Gasteiger partial charge in [-0.3, -0.25) is 0 Å². The van der Waals surface area contributed by atoms with Gasteiger partial charge in [0.25, 0.3) is 0 Å². The fourth-order valence-electron chi connectivity index (χ4n) is 1.49. The molecule has 0 unspecified atom stereocenters. The van der Waals surface area contributed by atoms with Crippen LogP contribution >= 0.6 is 0 Å². The normalized spacial score (nSPS) is 10.3. The Balaban J connectivity index is 2.07. The zero-order valence-corrected chi connectivity index (χ0v) is 9.37. The van der Waals surface area contributed by atoms with Crippen molar-refractivity contribution in [1.82, 2.24) is 4.98 Å². The summed E-state index contributed by atoms with van der Waals surface area (Å²) in [7, 11) is 0. The topological polar surface area (TPSA) is 24.9 Å². The number of rotatable bonds is 3. The van der Waals surface area contributed by atoms with Crippen LogP contribution in [-0.2, 0) is 6.54 Å². The lowest BCUT2D eigenvalue weighted by molar-refractivity contribution is 0.574. The van der Waals surface area contributed by atoms with Crippen molar-refractivity contribution < 1.29 is 8.78 Å². The van der Waals surface area contributed by atoms with Crippen LogP contribution in [0.5, 0.6) is 0 Å². The van der Waals surface area contributed by atoms with E-state index in [1.807, 2.05) is 19.1 Å². The van der Waals surface area contributed by atoms with Gasteiger partial charge in [0.1, 0.15) is 17.5 Å². The molecule has 1 aromatic heterocycles. The molecule has 1 N–H and O–H groups in total. The summed E-state index contributed by atoms with van der Waals surface area (Å²) in [5, 5.41) is 2.99. The highest BCUT2D eigenvalue weighted by molar-refractivity contribution is 5.36. The molecule has 0 amide bonds. The second-order valence-corrected chi connectivity index (χ2v) is 3.75. The third kappa shape index (κ3) is 3.00. The Morgan fingerprint density at radius 1 is 1.18 bits per heavy atom. The maximum absolute atomic E-state index is 13.3. The highest BCUT2D eigenvalue weighted by Gasteiger charge is 2.03. The third-order valence-corrected chi connectivity index (χ3v) is 2.36. The zero-order valence-electron chi connectivity index (χ0n) is 9.37.